The average Bonchev–Trinajstić information content (AvgIpc) is 2.76. The lowest BCUT2D eigenvalue weighted by Gasteiger charge is -2.44. The molecule has 0 aromatic rings. The molecule has 1 heterocycles. The molecule has 200 valence electrons. The lowest BCUT2D eigenvalue weighted by atomic mass is 9.98. The smallest absolute Gasteiger partial charge is 0.305 e. The lowest BCUT2D eigenvalue weighted by Crippen LogP contribution is -2.63. The van der Waals surface area contributed by atoms with Crippen LogP contribution in [0.15, 0.2) is 0 Å². The van der Waals surface area contributed by atoms with Crippen LogP contribution < -0.4 is 0 Å². The zero-order valence-corrected chi connectivity index (χ0v) is 20.9. The Kier molecular flexibility index (Phi) is 13.9. The Morgan fingerprint density at radius 3 is 1.80 bits per heavy atom. The van der Waals surface area contributed by atoms with Gasteiger partial charge in [0.05, 0.1) is 7.11 Å². The number of methoxy groups -OCH3 is 1. The summed E-state index contributed by atoms with van der Waals surface area (Å²) in [4.78, 5) is 57.8. The molecular weight excluding hydrogens is 468 g/mol. The first-order valence-electron chi connectivity index (χ1n) is 11.5. The minimum Gasteiger partial charge on any atom is -0.469 e. The van der Waals surface area contributed by atoms with Crippen LogP contribution in [0.5, 0.6) is 0 Å². The third kappa shape index (κ3) is 12.0. The molecule has 12 nitrogen and oxygen atoms in total. The second-order valence-electron chi connectivity index (χ2n) is 8.03. The number of hydrogen-bond donors (Lipinski definition) is 0. The van der Waals surface area contributed by atoms with E-state index < -0.39 is 54.6 Å². The highest BCUT2D eigenvalue weighted by molar-refractivity contribution is 5.69. The van der Waals surface area contributed by atoms with Crippen LogP contribution in [-0.2, 0) is 57.1 Å². The molecule has 0 aromatic carbocycles. The van der Waals surface area contributed by atoms with Gasteiger partial charge in [-0.3, -0.25) is 24.0 Å². The maximum Gasteiger partial charge on any atom is 0.305 e. The second kappa shape index (κ2) is 16.0. The summed E-state index contributed by atoms with van der Waals surface area (Å²) < 4.78 is 37.3. The van der Waals surface area contributed by atoms with Crippen LogP contribution >= 0.6 is 0 Å². The molecular formula is C23H36O12. The standard InChI is InChI=1S/C23H36O12/c1-14(24)31-13-18-20(32-15(2)25)21(33-16(3)26)22(34-17(4)27)23(35-18)30-12-10-8-6-7-9-11-19(28)29-5/h18,20-23H,6-13H2,1-5H3/t18?,20-,21?,22?,23+/m0/s1. The third-order valence-corrected chi connectivity index (χ3v) is 4.98. The largest absolute Gasteiger partial charge is 0.469 e. The fraction of sp³-hybridized carbons (Fsp3) is 0.783. The zero-order chi connectivity index (χ0) is 26.4. The Labute approximate surface area is 204 Å². The molecule has 35 heavy (non-hydrogen) atoms. The molecule has 12 heteroatoms. The summed E-state index contributed by atoms with van der Waals surface area (Å²) in [5.41, 5.74) is 0. The van der Waals surface area contributed by atoms with Gasteiger partial charge in [0.25, 0.3) is 0 Å². The molecule has 0 aliphatic carbocycles. The Balaban J connectivity index is 2.87. The molecule has 0 N–H and O–H groups in total. The predicted molar refractivity (Wildman–Crippen MR) is 118 cm³/mol. The molecule has 1 rings (SSSR count). The minimum atomic E-state index is -1.25. The third-order valence-electron chi connectivity index (χ3n) is 4.98. The van der Waals surface area contributed by atoms with Gasteiger partial charge in [0.15, 0.2) is 24.6 Å². The minimum absolute atomic E-state index is 0.227. The van der Waals surface area contributed by atoms with Gasteiger partial charge >= 0.3 is 29.8 Å². The molecule has 1 fully saturated rings. The summed E-state index contributed by atoms with van der Waals surface area (Å²) in [6.07, 6.45) is -1.62. The Morgan fingerprint density at radius 1 is 0.686 bits per heavy atom. The number of rotatable bonds is 14. The van der Waals surface area contributed by atoms with Gasteiger partial charge in [0.1, 0.15) is 12.7 Å². The van der Waals surface area contributed by atoms with E-state index in [0.717, 1.165) is 39.5 Å². The maximum atomic E-state index is 11.8. The Morgan fingerprint density at radius 2 is 1.23 bits per heavy atom. The van der Waals surface area contributed by atoms with Crippen molar-refractivity contribution in [2.45, 2.75) is 96.9 Å². The molecule has 0 amide bonds. The topological polar surface area (TPSA) is 150 Å². The fourth-order valence-electron chi connectivity index (χ4n) is 3.53. The van der Waals surface area contributed by atoms with Crippen molar-refractivity contribution in [1.29, 1.82) is 0 Å². The van der Waals surface area contributed by atoms with Crippen LogP contribution in [0.2, 0.25) is 0 Å². The van der Waals surface area contributed by atoms with Crippen molar-refractivity contribution < 1.29 is 57.1 Å². The Bertz CT molecular complexity index is 721. The van der Waals surface area contributed by atoms with Crippen molar-refractivity contribution in [2.24, 2.45) is 0 Å². The first kappa shape index (κ1) is 30.3. The molecule has 0 aromatic heterocycles. The molecule has 1 aliphatic heterocycles. The number of carbonyl (C=O) groups is 5. The Hall–Kier alpha value is -2.73. The summed E-state index contributed by atoms with van der Waals surface area (Å²) in [6, 6.07) is 0. The van der Waals surface area contributed by atoms with Gasteiger partial charge in [-0.1, -0.05) is 19.3 Å². The van der Waals surface area contributed by atoms with Gasteiger partial charge in [-0.05, 0) is 12.8 Å². The van der Waals surface area contributed by atoms with E-state index in [1.165, 1.54) is 21.0 Å². The molecule has 0 radical (unpaired) electrons. The van der Waals surface area contributed by atoms with Crippen LogP contribution in [0.1, 0.15) is 66.2 Å². The monoisotopic (exact) mass is 504 g/mol. The van der Waals surface area contributed by atoms with Crippen LogP contribution in [0, 0.1) is 0 Å². The number of unbranched alkanes of at least 4 members (excludes halogenated alkanes) is 4. The highest BCUT2D eigenvalue weighted by atomic mass is 16.7. The van der Waals surface area contributed by atoms with Crippen molar-refractivity contribution in [3.63, 3.8) is 0 Å². The number of esters is 5. The van der Waals surface area contributed by atoms with E-state index in [1.807, 2.05) is 0 Å². The SMILES string of the molecule is COC(=O)CCCCCCCO[C@@H]1OC(COC(C)=O)[C@H](OC(C)=O)C(OC(C)=O)C1OC(C)=O. The van der Waals surface area contributed by atoms with Crippen molar-refractivity contribution in [1.82, 2.24) is 0 Å². The summed E-state index contributed by atoms with van der Waals surface area (Å²) >= 11 is 0. The second-order valence-corrected chi connectivity index (χ2v) is 8.03. The van der Waals surface area contributed by atoms with Gasteiger partial charge in [-0.2, -0.15) is 0 Å². The highest BCUT2D eigenvalue weighted by Gasteiger charge is 2.52. The van der Waals surface area contributed by atoms with Gasteiger partial charge in [-0.25, -0.2) is 0 Å². The molecule has 0 saturated carbocycles. The van der Waals surface area contributed by atoms with Gasteiger partial charge in [0.2, 0.25) is 0 Å². The van der Waals surface area contributed by atoms with Gasteiger partial charge < -0.3 is 33.2 Å². The first-order valence-corrected chi connectivity index (χ1v) is 11.5. The quantitative estimate of drug-likeness (QED) is 0.192. The van der Waals surface area contributed by atoms with Crippen molar-refractivity contribution >= 4 is 29.8 Å². The summed E-state index contributed by atoms with van der Waals surface area (Å²) in [5.74, 6) is -2.92. The zero-order valence-electron chi connectivity index (χ0n) is 20.9. The van der Waals surface area contributed by atoms with Crippen LogP contribution in [0.25, 0.3) is 0 Å². The van der Waals surface area contributed by atoms with E-state index in [1.54, 1.807) is 0 Å². The number of ether oxygens (including phenoxy) is 7. The van der Waals surface area contributed by atoms with Crippen molar-refractivity contribution in [2.75, 3.05) is 20.3 Å². The fourth-order valence-corrected chi connectivity index (χ4v) is 3.53. The van der Waals surface area contributed by atoms with E-state index in [2.05, 4.69) is 4.74 Å². The molecule has 0 spiro atoms. The van der Waals surface area contributed by atoms with Crippen LogP contribution in [0.4, 0.5) is 0 Å². The number of hydrogen-bond acceptors (Lipinski definition) is 12. The van der Waals surface area contributed by atoms with Gasteiger partial charge in [-0.15, -0.1) is 0 Å². The normalized spacial score (nSPS) is 23.6. The van der Waals surface area contributed by atoms with E-state index in [0.29, 0.717) is 12.8 Å². The highest BCUT2D eigenvalue weighted by Crippen LogP contribution is 2.30. The van der Waals surface area contributed by atoms with Gasteiger partial charge in [0, 0.05) is 40.7 Å². The number of carbonyl (C=O) groups excluding carboxylic acids is 5. The predicted octanol–water partition coefficient (Wildman–Crippen LogP) is 1.60. The van der Waals surface area contributed by atoms with E-state index >= 15 is 0 Å². The molecule has 3 unspecified atom stereocenters. The van der Waals surface area contributed by atoms with Crippen molar-refractivity contribution in [3.05, 3.63) is 0 Å². The average molecular weight is 505 g/mol. The van der Waals surface area contributed by atoms with E-state index in [9.17, 15) is 24.0 Å². The summed E-state index contributed by atoms with van der Waals surface area (Å²) in [5, 5.41) is 0. The molecule has 1 saturated heterocycles. The van der Waals surface area contributed by atoms with Crippen LogP contribution in [-0.4, -0.2) is 80.9 Å². The lowest BCUT2D eigenvalue weighted by molar-refractivity contribution is -0.308. The molecule has 0 bridgehead atoms. The van der Waals surface area contributed by atoms with Crippen LogP contribution in [0.3, 0.4) is 0 Å². The first-order chi connectivity index (χ1) is 16.5. The summed E-state index contributed by atoms with van der Waals surface area (Å²) in [6.45, 7) is 4.60. The molecule has 1 aliphatic rings. The van der Waals surface area contributed by atoms with Crippen molar-refractivity contribution in [3.8, 4) is 0 Å². The summed E-state index contributed by atoms with van der Waals surface area (Å²) in [7, 11) is 1.35. The van der Waals surface area contributed by atoms with E-state index in [-0.39, 0.29) is 19.2 Å². The van der Waals surface area contributed by atoms with E-state index in [4.69, 9.17) is 28.4 Å². The molecule has 5 atom stereocenters. The maximum absolute atomic E-state index is 11.8.